The number of benzene rings is 2. The van der Waals surface area contributed by atoms with Gasteiger partial charge >= 0.3 is 0 Å². The van der Waals surface area contributed by atoms with Crippen molar-refractivity contribution in [1.29, 1.82) is 0 Å². The number of nitrogens with one attached hydrogen (secondary N) is 1. The van der Waals surface area contributed by atoms with E-state index < -0.39 is 5.91 Å². The molecular formula is C22H19ClFN5O2S2. The zero-order chi connectivity index (χ0) is 23.2. The fraction of sp³-hybridized carbons (Fsp3) is 0.182. The van der Waals surface area contributed by atoms with Crippen LogP contribution in [0.5, 0.6) is 5.75 Å². The molecule has 0 spiro atoms. The van der Waals surface area contributed by atoms with Crippen LogP contribution in [0.4, 0.5) is 9.52 Å². The molecule has 0 radical (unpaired) electrons. The Balaban J connectivity index is 1.47. The van der Waals surface area contributed by atoms with Crippen LogP contribution in [0.3, 0.4) is 0 Å². The van der Waals surface area contributed by atoms with Crippen LogP contribution in [0.1, 0.15) is 29.4 Å². The minimum absolute atomic E-state index is 0.105. The smallest absolute Gasteiger partial charge is 0.281 e. The predicted octanol–water partition coefficient (Wildman–Crippen LogP) is 5.85. The summed E-state index contributed by atoms with van der Waals surface area (Å²) in [5.74, 6) is 0.141. The van der Waals surface area contributed by atoms with Gasteiger partial charge in [-0.15, -0.1) is 10.2 Å². The molecule has 0 atom stereocenters. The van der Waals surface area contributed by atoms with Gasteiger partial charge in [-0.3, -0.25) is 10.1 Å². The van der Waals surface area contributed by atoms with Gasteiger partial charge in [0, 0.05) is 10.8 Å². The molecule has 0 aliphatic carbocycles. The van der Waals surface area contributed by atoms with Gasteiger partial charge in [0.1, 0.15) is 5.82 Å². The maximum atomic E-state index is 13.3. The zero-order valence-electron chi connectivity index (χ0n) is 17.5. The summed E-state index contributed by atoms with van der Waals surface area (Å²) in [5, 5.41) is 16.3. The second-order valence-electron chi connectivity index (χ2n) is 6.82. The highest BCUT2D eigenvalue weighted by atomic mass is 35.5. The largest absolute Gasteiger partial charge is 0.489 e. The highest BCUT2D eigenvalue weighted by molar-refractivity contribution is 8.00. The van der Waals surface area contributed by atoms with Gasteiger partial charge in [-0.2, -0.15) is 5.10 Å². The van der Waals surface area contributed by atoms with Crippen molar-refractivity contribution in [2.75, 3.05) is 11.9 Å². The molecule has 1 N–H and O–H groups in total. The fourth-order valence-corrected chi connectivity index (χ4v) is 4.82. The van der Waals surface area contributed by atoms with Gasteiger partial charge in [-0.1, -0.05) is 59.8 Å². The van der Waals surface area contributed by atoms with Crippen LogP contribution < -0.4 is 10.1 Å². The number of carbonyl (C=O) groups excluding carboxylic acids is 1. The van der Waals surface area contributed by atoms with Gasteiger partial charge in [-0.25, -0.2) is 9.07 Å². The van der Waals surface area contributed by atoms with Crippen LogP contribution in [0, 0.1) is 5.82 Å². The molecule has 11 heteroatoms. The van der Waals surface area contributed by atoms with E-state index in [0.29, 0.717) is 38.3 Å². The summed E-state index contributed by atoms with van der Waals surface area (Å²) < 4.78 is 21.1. The quantitative estimate of drug-likeness (QED) is 0.228. The highest BCUT2D eigenvalue weighted by Crippen LogP contribution is 2.31. The number of aromatic nitrogens is 4. The van der Waals surface area contributed by atoms with E-state index in [9.17, 15) is 9.18 Å². The van der Waals surface area contributed by atoms with Crippen molar-refractivity contribution < 1.29 is 13.9 Å². The fourth-order valence-electron chi connectivity index (χ4n) is 2.79. The SMILES string of the molecule is CCCOc1cn(-c2ccc(F)cc2)nc1C(=O)Nc1nnc(SCc2ccccc2Cl)s1. The number of carbonyl (C=O) groups is 1. The third kappa shape index (κ3) is 5.89. The number of halogens is 2. The first-order chi connectivity index (χ1) is 16.0. The number of amides is 1. The Morgan fingerprint density at radius 2 is 2.00 bits per heavy atom. The number of ether oxygens (including phenoxy) is 1. The molecular weight excluding hydrogens is 485 g/mol. The van der Waals surface area contributed by atoms with E-state index in [2.05, 4.69) is 20.6 Å². The third-order valence-electron chi connectivity index (χ3n) is 4.38. The molecule has 0 unspecified atom stereocenters. The number of anilines is 1. The van der Waals surface area contributed by atoms with Crippen LogP contribution in [0.25, 0.3) is 5.69 Å². The predicted molar refractivity (Wildman–Crippen MR) is 128 cm³/mol. The summed E-state index contributed by atoms with van der Waals surface area (Å²) in [6.45, 7) is 2.39. The topological polar surface area (TPSA) is 81.9 Å². The normalized spacial score (nSPS) is 10.9. The van der Waals surface area contributed by atoms with Gasteiger partial charge < -0.3 is 4.74 Å². The molecule has 33 heavy (non-hydrogen) atoms. The lowest BCUT2D eigenvalue weighted by Gasteiger charge is -2.03. The first-order valence-corrected chi connectivity index (χ1v) is 12.2. The standard InChI is InChI=1S/C22H19ClFN5O2S2/c1-2-11-31-18-12-29(16-9-7-15(24)8-10-16)28-19(18)20(30)25-21-26-27-22(33-21)32-13-14-5-3-4-6-17(14)23/h3-10,12H,2,11,13H2,1H3,(H,25,26,30). The molecule has 4 rings (SSSR count). The van der Waals surface area contributed by atoms with Crippen LogP contribution >= 0.6 is 34.7 Å². The Kier molecular flexibility index (Phi) is 7.58. The summed E-state index contributed by atoms with van der Waals surface area (Å²) in [4.78, 5) is 12.9. The van der Waals surface area contributed by atoms with E-state index in [0.717, 1.165) is 12.0 Å². The van der Waals surface area contributed by atoms with Crippen LogP contribution in [0.2, 0.25) is 5.02 Å². The van der Waals surface area contributed by atoms with E-state index in [1.165, 1.54) is 39.9 Å². The van der Waals surface area contributed by atoms with E-state index in [1.54, 1.807) is 18.3 Å². The Morgan fingerprint density at radius 3 is 2.76 bits per heavy atom. The molecule has 1 amide bonds. The van der Waals surface area contributed by atoms with E-state index in [1.807, 2.05) is 31.2 Å². The maximum absolute atomic E-state index is 13.3. The van der Waals surface area contributed by atoms with Crippen molar-refractivity contribution in [3.63, 3.8) is 0 Å². The Hall–Kier alpha value is -2.95. The monoisotopic (exact) mass is 503 g/mol. The lowest BCUT2D eigenvalue weighted by atomic mass is 10.2. The Bertz CT molecular complexity index is 1250. The van der Waals surface area contributed by atoms with Crippen molar-refractivity contribution in [2.45, 2.75) is 23.4 Å². The molecule has 2 aromatic heterocycles. The number of rotatable bonds is 9. The first-order valence-electron chi connectivity index (χ1n) is 10.0. The van der Waals surface area contributed by atoms with Gasteiger partial charge in [0.25, 0.3) is 5.91 Å². The van der Waals surface area contributed by atoms with Crippen molar-refractivity contribution in [3.8, 4) is 11.4 Å². The zero-order valence-corrected chi connectivity index (χ0v) is 19.9. The molecule has 4 aromatic rings. The number of hydrogen-bond acceptors (Lipinski definition) is 7. The van der Waals surface area contributed by atoms with Crippen molar-refractivity contribution in [1.82, 2.24) is 20.0 Å². The molecule has 0 saturated heterocycles. The van der Waals surface area contributed by atoms with Gasteiger partial charge in [0.2, 0.25) is 5.13 Å². The molecule has 2 heterocycles. The summed E-state index contributed by atoms with van der Waals surface area (Å²) >= 11 is 8.94. The van der Waals surface area contributed by atoms with Gasteiger partial charge in [0.15, 0.2) is 15.8 Å². The molecule has 0 aliphatic heterocycles. The van der Waals surface area contributed by atoms with Crippen LogP contribution in [-0.4, -0.2) is 32.5 Å². The first kappa shape index (κ1) is 23.2. The molecule has 170 valence electrons. The molecule has 2 aromatic carbocycles. The van der Waals surface area contributed by atoms with E-state index in [-0.39, 0.29) is 11.5 Å². The van der Waals surface area contributed by atoms with Crippen LogP contribution in [-0.2, 0) is 5.75 Å². The lowest BCUT2D eigenvalue weighted by Crippen LogP contribution is -2.14. The van der Waals surface area contributed by atoms with Gasteiger partial charge in [0.05, 0.1) is 18.5 Å². The molecule has 0 fully saturated rings. The highest BCUT2D eigenvalue weighted by Gasteiger charge is 2.21. The second-order valence-corrected chi connectivity index (χ2v) is 9.43. The minimum atomic E-state index is -0.472. The van der Waals surface area contributed by atoms with E-state index in [4.69, 9.17) is 16.3 Å². The molecule has 0 saturated carbocycles. The number of thioether (sulfide) groups is 1. The van der Waals surface area contributed by atoms with Crippen LogP contribution in [0.15, 0.2) is 59.1 Å². The average molecular weight is 504 g/mol. The number of nitrogens with zero attached hydrogens (tertiary/aromatic N) is 4. The maximum Gasteiger partial charge on any atom is 0.281 e. The third-order valence-corrected chi connectivity index (χ3v) is 6.77. The molecule has 7 nitrogen and oxygen atoms in total. The summed E-state index contributed by atoms with van der Waals surface area (Å²) in [6.07, 6.45) is 2.37. The Morgan fingerprint density at radius 1 is 1.21 bits per heavy atom. The summed E-state index contributed by atoms with van der Waals surface area (Å²) in [7, 11) is 0. The lowest BCUT2D eigenvalue weighted by molar-refractivity contribution is 0.101. The van der Waals surface area contributed by atoms with E-state index >= 15 is 0 Å². The average Bonchev–Trinajstić information content (AvgIpc) is 3.44. The molecule has 0 bridgehead atoms. The minimum Gasteiger partial charge on any atom is -0.489 e. The van der Waals surface area contributed by atoms with Crippen molar-refractivity contribution >= 4 is 45.7 Å². The summed E-state index contributed by atoms with van der Waals surface area (Å²) in [6, 6.07) is 13.4. The number of hydrogen-bond donors (Lipinski definition) is 1. The molecule has 0 aliphatic rings. The Labute approximate surface area is 202 Å². The van der Waals surface area contributed by atoms with Crippen molar-refractivity contribution in [3.05, 3.63) is 76.8 Å². The second kappa shape index (κ2) is 10.8. The van der Waals surface area contributed by atoms with Crippen molar-refractivity contribution in [2.24, 2.45) is 0 Å². The van der Waals surface area contributed by atoms with Gasteiger partial charge in [-0.05, 0) is 42.3 Å². The summed E-state index contributed by atoms with van der Waals surface area (Å²) in [5.41, 5.74) is 1.70.